The van der Waals surface area contributed by atoms with Crippen LogP contribution in [0.5, 0.6) is 0 Å². The maximum Gasteiger partial charge on any atom is 0.292 e. The lowest BCUT2D eigenvalue weighted by atomic mass is 9.82. The molecule has 0 bridgehead atoms. The van der Waals surface area contributed by atoms with Gasteiger partial charge in [0.05, 0.1) is 11.5 Å². The molecule has 2 N–H and O–H groups in total. The van der Waals surface area contributed by atoms with Crippen molar-refractivity contribution in [3.63, 3.8) is 0 Å². The lowest BCUT2D eigenvalue weighted by Gasteiger charge is -2.49. The van der Waals surface area contributed by atoms with Crippen LogP contribution in [0.25, 0.3) is 0 Å². The molecule has 1 fully saturated rings. The van der Waals surface area contributed by atoms with Crippen LogP contribution in [0, 0.1) is 22.5 Å². The maximum absolute atomic E-state index is 11.4. The van der Waals surface area contributed by atoms with E-state index in [0.29, 0.717) is 11.6 Å². The van der Waals surface area contributed by atoms with Crippen molar-refractivity contribution in [1.29, 1.82) is 0 Å². The molecule has 0 aliphatic carbocycles. The molecule has 6 nitrogen and oxygen atoms in total. The number of nitrogens with one attached hydrogen (secondary N) is 1. The second-order valence-electron chi connectivity index (χ2n) is 7.77. The monoisotopic (exact) mass is 403 g/mol. The average Bonchev–Trinajstić information content (AvgIpc) is 2.66. The molecule has 1 heterocycles. The molecule has 150 valence electrons. The number of para-hydroxylation sites is 2. The number of benzene rings is 2. The van der Waals surface area contributed by atoms with Crippen molar-refractivity contribution in [1.82, 2.24) is 4.90 Å². The first-order valence-corrected chi connectivity index (χ1v) is 9.93. The van der Waals surface area contributed by atoms with Crippen molar-refractivity contribution >= 4 is 23.0 Å². The van der Waals surface area contributed by atoms with E-state index in [0.717, 1.165) is 26.1 Å². The normalized spacial score (nSPS) is 17.0. The van der Waals surface area contributed by atoms with Crippen LogP contribution in [-0.4, -0.2) is 53.1 Å². The molecule has 0 aromatic heterocycles. The number of nitro benzene ring substituents is 1. The molecular formula is C21H26ClN3O3. The van der Waals surface area contributed by atoms with Gasteiger partial charge < -0.3 is 10.4 Å². The highest BCUT2D eigenvalue weighted by molar-refractivity contribution is 6.18. The van der Waals surface area contributed by atoms with Gasteiger partial charge in [0.2, 0.25) is 0 Å². The van der Waals surface area contributed by atoms with Crippen LogP contribution in [0.3, 0.4) is 0 Å². The zero-order valence-electron chi connectivity index (χ0n) is 16.0. The summed E-state index contributed by atoms with van der Waals surface area (Å²) in [6.45, 7) is 4.31. The Morgan fingerprint density at radius 2 is 1.93 bits per heavy atom. The van der Waals surface area contributed by atoms with Gasteiger partial charge in [0.1, 0.15) is 5.69 Å². The smallest absolute Gasteiger partial charge is 0.292 e. The van der Waals surface area contributed by atoms with E-state index in [1.165, 1.54) is 17.2 Å². The Labute approximate surface area is 170 Å². The Morgan fingerprint density at radius 1 is 1.25 bits per heavy atom. The van der Waals surface area contributed by atoms with Crippen molar-refractivity contribution in [2.45, 2.75) is 19.4 Å². The molecule has 2 aromatic rings. The van der Waals surface area contributed by atoms with Gasteiger partial charge in [-0.15, -0.1) is 11.6 Å². The van der Waals surface area contributed by atoms with Gasteiger partial charge in [0, 0.05) is 43.0 Å². The minimum absolute atomic E-state index is 0.00387. The first-order chi connectivity index (χ1) is 13.4. The van der Waals surface area contributed by atoms with Crippen LogP contribution in [0.15, 0.2) is 48.5 Å². The summed E-state index contributed by atoms with van der Waals surface area (Å²) in [6, 6.07) is 15.1. The molecule has 1 aliphatic heterocycles. The molecule has 7 heteroatoms. The van der Waals surface area contributed by atoms with Gasteiger partial charge in [-0.25, -0.2) is 0 Å². The van der Waals surface area contributed by atoms with Crippen LogP contribution in [0.1, 0.15) is 11.1 Å². The molecule has 0 spiro atoms. The number of rotatable bonds is 9. The summed E-state index contributed by atoms with van der Waals surface area (Å²) >= 11 is 6.01. The van der Waals surface area contributed by atoms with E-state index < -0.39 is 0 Å². The number of anilines is 1. The van der Waals surface area contributed by atoms with E-state index in [4.69, 9.17) is 11.6 Å². The topological polar surface area (TPSA) is 78.6 Å². The van der Waals surface area contributed by atoms with Crippen molar-refractivity contribution in [3.8, 4) is 0 Å². The second kappa shape index (κ2) is 8.90. The van der Waals surface area contributed by atoms with E-state index in [-0.39, 0.29) is 28.7 Å². The Morgan fingerprint density at radius 3 is 2.54 bits per heavy atom. The van der Waals surface area contributed by atoms with Gasteiger partial charge >= 0.3 is 0 Å². The number of aliphatic hydroxyl groups excluding tert-OH is 1. The first kappa shape index (κ1) is 20.6. The third-order valence-corrected chi connectivity index (χ3v) is 5.85. The molecular weight excluding hydrogens is 378 g/mol. The average molecular weight is 404 g/mol. The van der Waals surface area contributed by atoms with Gasteiger partial charge in [0.25, 0.3) is 5.69 Å². The number of likely N-dealkylation sites (tertiary alicyclic amines) is 1. The standard InChI is InChI=1S/C21H26ClN3O3/c1-16-6-8-17(9-7-16)10-18(11-24-13-21(12-22,14-24)15-26)23-19-4-2-3-5-20(19)25(27)28/h2-9,18,23,26H,10-15H2,1H3/t18-/m0/s1. The summed E-state index contributed by atoms with van der Waals surface area (Å²) in [4.78, 5) is 13.2. The summed E-state index contributed by atoms with van der Waals surface area (Å²) in [7, 11) is 0. The number of halogens is 1. The quantitative estimate of drug-likeness (QED) is 0.381. The molecule has 0 radical (unpaired) electrons. The Bertz CT molecular complexity index is 801. The van der Waals surface area contributed by atoms with Gasteiger partial charge in [-0.2, -0.15) is 0 Å². The van der Waals surface area contributed by atoms with Crippen LogP contribution in [0.2, 0.25) is 0 Å². The molecule has 1 atom stereocenters. The number of nitro groups is 1. The third kappa shape index (κ3) is 4.82. The fourth-order valence-corrected chi connectivity index (χ4v) is 3.97. The number of hydrogen-bond donors (Lipinski definition) is 2. The van der Waals surface area contributed by atoms with E-state index in [9.17, 15) is 15.2 Å². The fraction of sp³-hybridized carbons (Fsp3) is 0.429. The highest BCUT2D eigenvalue weighted by Crippen LogP contribution is 2.32. The summed E-state index contributed by atoms with van der Waals surface area (Å²) in [6.07, 6.45) is 0.746. The molecule has 28 heavy (non-hydrogen) atoms. The number of alkyl halides is 1. The number of aliphatic hydroxyl groups is 1. The van der Waals surface area contributed by atoms with Crippen molar-refractivity contribution in [3.05, 3.63) is 69.8 Å². The zero-order chi connectivity index (χ0) is 20.1. The minimum atomic E-state index is -0.362. The molecule has 0 amide bonds. The lowest BCUT2D eigenvalue weighted by Crippen LogP contribution is -2.61. The van der Waals surface area contributed by atoms with Gasteiger partial charge in [-0.05, 0) is 25.0 Å². The van der Waals surface area contributed by atoms with E-state index in [1.807, 2.05) is 6.92 Å². The molecule has 2 aromatic carbocycles. The Balaban J connectivity index is 1.75. The predicted octanol–water partition coefficient (Wildman–Crippen LogP) is 3.46. The highest BCUT2D eigenvalue weighted by atomic mass is 35.5. The third-order valence-electron chi connectivity index (χ3n) is 5.28. The summed E-state index contributed by atoms with van der Waals surface area (Å²) < 4.78 is 0. The van der Waals surface area contributed by atoms with Crippen molar-refractivity contribution in [2.24, 2.45) is 5.41 Å². The van der Waals surface area contributed by atoms with Gasteiger partial charge in [-0.3, -0.25) is 15.0 Å². The van der Waals surface area contributed by atoms with Gasteiger partial charge in [0.15, 0.2) is 0 Å². The molecule has 1 aliphatic rings. The lowest BCUT2D eigenvalue weighted by molar-refractivity contribution is -0.384. The van der Waals surface area contributed by atoms with Crippen LogP contribution >= 0.6 is 11.6 Å². The first-order valence-electron chi connectivity index (χ1n) is 9.39. The van der Waals surface area contributed by atoms with Crippen molar-refractivity contribution < 1.29 is 10.0 Å². The fourth-order valence-electron chi connectivity index (χ4n) is 3.71. The van der Waals surface area contributed by atoms with Crippen LogP contribution < -0.4 is 5.32 Å². The minimum Gasteiger partial charge on any atom is -0.396 e. The Kier molecular flexibility index (Phi) is 6.54. The largest absolute Gasteiger partial charge is 0.396 e. The SMILES string of the molecule is Cc1ccc(C[C@@H](CN2CC(CO)(CCl)C2)Nc2ccccc2[N+](=O)[O-])cc1. The van der Waals surface area contributed by atoms with Crippen LogP contribution in [0.4, 0.5) is 11.4 Å². The molecule has 1 saturated heterocycles. The van der Waals surface area contributed by atoms with Gasteiger partial charge in [-0.1, -0.05) is 42.0 Å². The predicted molar refractivity (Wildman–Crippen MR) is 112 cm³/mol. The summed E-state index contributed by atoms with van der Waals surface area (Å²) in [5.41, 5.74) is 2.74. The highest BCUT2D eigenvalue weighted by Gasteiger charge is 2.42. The second-order valence-corrected chi connectivity index (χ2v) is 8.03. The van der Waals surface area contributed by atoms with E-state index in [2.05, 4.69) is 34.5 Å². The summed E-state index contributed by atoms with van der Waals surface area (Å²) in [5, 5.41) is 24.3. The zero-order valence-corrected chi connectivity index (χ0v) is 16.7. The summed E-state index contributed by atoms with van der Waals surface area (Å²) in [5.74, 6) is 0.431. The molecule has 0 saturated carbocycles. The van der Waals surface area contributed by atoms with Crippen LogP contribution in [-0.2, 0) is 6.42 Å². The van der Waals surface area contributed by atoms with Crippen molar-refractivity contribution in [2.75, 3.05) is 37.4 Å². The Hall–Kier alpha value is -2.15. The van der Waals surface area contributed by atoms with E-state index in [1.54, 1.807) is 18.2 Å². The molecule has 3 rings (SSSR count). The van der Waals surface area contributed by atoms with E-state index >= 15 is 0 Å². The molecule has 0 unspecified atom stereocenters. The maximum atomic E-state index is 11.4. The number of hydrogen-bond acceptors (Lipinski definition) is 5. The number of aryl methyl sites for hydroxylation is 1. The number of nitrogens with zero attached hydrogens (tertiary/aromatic N) is 2.